The molecule has 0 rings (SSSR count). The molecule has 3 atom stereocenters. The van der Waals surface area contributed by atoms with Crippen molar-refractivity contribution < 1.29 is 5.11 Å². The molecule has 0 heterocycles. The van der Waals surface area contributed by atoms with Gasteiger partial charge in [0.25, 0.3) is 0 Å². The molecule has 4 heteroatoms. The summed E-state index contributed by atoms with van der Waals surface area (Å²) in [5.41, 5.74) is 0. The first-order valence-electron chi connectivity index (χ1n) is 3.01. The van der Waals surface area contributed by atoms with E-state index in [4.69, 9.17) is 0 Å². The molecule has 0 saturated heterocycles. The van der Waals surface area contributed by atoms with Gasteiger partial charge in [0.1, 0.15) is 0 Å². The molecule has 9 heavy (non-hydrogen) atoms. The van der Waals surface area contributed by atoms with Crippen molar-refractivity contribution in [3.63, 3.8) is 0 Å². The minimum absolute atomic E-state index is 0.127. The van der Waals surface area contributed by atoms with Gasteiger partial charge in [-0.3, -0.25) is 5.09 Å². The van der Waals surface area contributed by atoms with Gasteiger partial charge >= 0.3 is 0 Å². The Bertz CT molecular complexity index is 72.0. The molecule has 0 saturated carbocycles. The van der Waals surface area contributed by atoms with Crippen LogP contribution < -0.4 is 10.4 Å². The number of hydrogen-bond donors (Lipinski definition) is 3. The van der Waals surface area contributed by atoms with Gasteiger partial charge in [0.2, 0.25) is 0 Å². The van der Waals surface area contributed by atoms with Crippen molar-refractivity contribution in [1.29, 1.82) is 0 Å². The van der Waals surface area contributed by atoms with Crippen LogP contribution in [0.4, 0.5) is 0 Å². The Morgan fingerprint density at radius 3 is 2.56 bits per heavy atom. The molecule has 3 N–H and O–H groups in total. The lowest BCUT2D eigenvalue weighted by molar-refractivity contribution is 0.146. The van der Waals surface area contributed by atoms with Gasteiger partial charge in [-0.2, -0.15) is 0 Å². The van der Waals surface area contributed by atoms with E-state index >= 15 is 0 Å². The van der Waals surface area contributed by atoms with Crippen molar-refractivity contribution in [1.82, 2.24) is 10.4 Å². The van der Waals surface area contributed by atoms with E-state index in [9.17, 15) is 5.11 Å². The maximum atomic E-state index is 9.18. The van der Waals surface area contributed by atoms with Crippen molar-refractivity contribution in [2.24, 2.45) is 0 Å². The van der Waals surface area contributed by atoms with Crippen LogP contribution in [-0.2, 0) is 0 Å². The maximum absolute atomic E-state index is 9.18. The Balaban J connectivity index is 3.32. The minimum atomic E-state index is -0.313. The normalized spacial score (nSPS) is 17.3. The fourth-order valence-electron chi connectivity index (χ4n) is 0.497. The van der Waals surface area contributed by atoms with Gasteiger partial charge in [-0.1, -0.05) is 9.39 Å². The lowest BCUT2D eigenvalue weighted by atomic mass is 10.2. The van der Waals surface area contributed by atoms with Crippen LogP contribution in [0, 0.1) is 0 Å². The topological polar surface area (TPSA) is 44.3 Å². The minimum Gasteiger partial charge on any atom is -0.390 e. The van der Waals surface area contributed by atoms with Crippen molar-refractivity contribution in [3.8, 4) is 0 Å². The molecule has 0 bridgehead atoms. The Hall–Kier alpha value is 0.310. The summed E-state index contributed by atoms with van der Waals surface area (Å²) in [6, 6.07) is 0.127. The van der Waals surface area contributed by atoms with Crippen molar-refractivity contribution in [2.75, 3.05) is 13.6 Å². The summed E-state index contributed by atoms with van der Waals surface area (Å²) in [6.45, 7) is 2.55. The molecule has 0 aliphatic rings. The lowest BCUT2D eigenvalue weighted by Gasteiger charge is -2.16. The van der Waals surface area contributed by atoms with E-state index in [0.29, 0.717) is 6.54 Å². The highest BCUT2D eigenvalue weighted by Crippen LogP contribution is 1.91. The Labute approximate surface area is 58.5 Å². The molecule has 0 radical (unpaired) electrons. The van der Waals surface area contributed by atoms with Crippen molar-refractivity contribution in [2.45, 2.75) is 19.1 Å². The quantitative estimate of drug-likeness (QED) is 0.466. The average Bonchev–Trinajstić information content (AvgIpc) is 1.87. The monoisotopic (exact) mass is 150 g/mol. The zero-order chi connectivity index (χ0) is 7.28. The first-order chi connectivity index (χ1) is 4.22. The molecule has 0 aliphatic carbocycles. The van der Waals surface area contributed by atoms with Gasteiger partial charge in [0, 0.05) is 12.6 Å². The fraction of sp³-hybridized carbons (Fsp3) is 1.00. The van der Waals surface area contributed by atoms with E-state index in [1.807, 2.05) is 14.0 Å². The summed E-state index contributed by atoms with van der Waals surface area (Å²) in [6.07, 6.45) is -0.313. The third kappa shape index (κ3) is 3.82. The van der Waals surface area contributed by atoms with E-state index < -0.39 is 0 Å². The number of aliphatic hydroxyl groups excluding tert-OH is 1. The van der Waals surface area contributed by atoms with Gasteiger partial charge in [-0.25, -0.2) is 0 Å². The van der Waals surface area contributed by atoms with Crippen LogP contribution in [0.1, 0.15) is 6.92 Å². The summed E-state index contributed by atoms with van der Waals surface area (Å²) in [5.74, 6) is 0. The molecule has 0 aromatic heterocycles. The second-order valence-corrected chi connectivity index (χ2v) is 2.41. The second-order valence-electron chi connectivity index (χ2n) is 2.08. The van der Waals surface area contributed by atoms with Crippen LogP contribution in [0.15, 0.2) is 0 Å². The van der Waals surface area contributed by atoms with Crippen LogP contribution >= 0.6 is 9.39 Å². The van der Waals surface area contributed by atoms with Gasteiger partial charge < -0.3 is 10.4 Å². The van der Waals surface area contributed by atoms with Crippen LogP contribution in [-0.4, -0.2) is 30.8 Å². The van der Waals surface area contributed by atoms with Crippen molar-refractivity contribution in [3.05, 3.63) is 0 Å². The molecule has 3 nitrogen and oxygen atoms in total. The van der Waals surface area contributed by atoms with Gasteiger partial charge in [-0.05, 0) is 14.0 Å². The van der Waals surface area contributed by atoms with Crippen LogP contribution in [0.5, 0.6) is 0 Å². The standard InChI is InChI=1S/C5H15N2OP/c1-4(7-9)5(8)3-6-2/h4-8H,3,9H2,1-2H3/t4-,5+/m0/s1. The predicted molar refractivity (Wildman–Crippen MR) is 42.2 cm³/mol. The smallest absolute Gasteiger partial charge is 0.0817 e. The Morgan fingerprint density at radius 2 is 2.22 bits per heavy atom. The SMILES string of the molecule is CNC[C@@H](O)[C@H](C)NP. The summed E-state index contributed by atoms with van der Waals surface area (Å²) in [5, 5.41) is 14.9. The molecule has 0 aliphatic heterocycles. The largest absolute Gasteiger partial charge is 0.390 e. The predicted octanol–water partition coefficient (Wildman–Crippen LogP) is -0.665. The number of rotatable bonds is 4. The lowest BCUT2D eigenvalue weighted by Crippen LogP contribution is -2.38. The van der Waals surface area contributed by atoms with Gasteiger partial charge in [0.15, 0.2) is 0 Å². The van der Waals surface area contributed by atoms with Crippen LogP contribution in [0.3, 0.4) is 0 Å². The van der Waals surface area contributed by atoms with Crippen LogP contribution in [0.25, 0.3) is 0 Å². The highest BCUT2D eigenvalue weighted by atomic mass is 31.0. The number of hydrogen-bond acceptors (Lipinski definition) is 3. The summed E-state index contributed by atoms with van der Waals surface area (Å²) >= 11 is 0. The molecule has 0 amide bonds. The van der Waals surface area contributed by atoms with Gasteiger partial charge in [0.05, 0.1) is 6.10 Å². The molecule has 0 spiro atoms. The molecule has 0 aromatic rings. The Morgan fingerprint density at radius 1 is 1.67 bits per heavy atom. The second kappa shape index (κ2) is 5.12. The third-order valence-corrected chi connectivity index (χ3v) is 1.78. The van der Waals surface area contributed by atoms with E-state index in [1.54, 1.807) is 0 Å². The zero-order valence-electron chi connectivity index (χ0n) is 5.89. The van der Waals surface area contributed by atoms with Crippen LogP contribution in [0.2, 0.25) is 0 Å². The first kappa shape index (κ1) is 9.31. The van der Waals surface area contributed by atoms with E-state index in [1.165, 1.54) is 0 Å². The summed E-state index contributed by atoms with van der Waals surface area (Å²) in [4.78, 5) is 0. The van der Waals surface area contributed by atoms with E-state index in [2.05, 4.69) is 19.8 Å². The van der Waals surface area contributed by atoms with Crippen molar-refractivity contribution >= 4 is 9.39 Å². The molecule has 56 valence electrons. The molecule has 1 unspecified atom stereocenters. The highest BCUT2D eigenvalue weighted by Gasteiger charge is 2.09. The summed E-state index contributed by atoms with van der Waals surface area (Å²) in [7, 11) is 4.19. The summed E-state index contributed by atoms with van der Waals surface area (Å²) < 4.78 is 0. The Kier molecular flexibility index (Phi) is 5.30. The average molecular weight is 150 g/mol. The molecular weight excluding hydrogens is 135 g/mol. The van der Waals surface area contributed by atoms with Gasteiger partial charge in [-0.15, -0.1) is 0 Å². The molecular formula is C5H15N2OP. The highest BCUT2D eigenvalue weighted by molar-refractivity contribution is 7.13. The molecule has 0 fully saturated rings. The number of likely N-dealkylation sites (N-methyl/N-ethyl adjacent to an activating group) is 1. The fourth-order valence-corrected chi connectivity index (χ4v) is 0.719. The number of nitrogens with one attached hydrogen (secondary N) is 2. The molecule has 0 aromatic carbocycles. The number of aliphatic hydroxyl groups is 1. The van der Waals surface area contributed by atoms with E-state index in [-0.39, 0.29) is 12.1 Å². The third-order valence-electron chi connectivity index (χ3n) is 1.25. The maximum Gasteiger partial charge on any atom is 0.0817 e. The zero-order valence-corrected chi connectivity index (χ0v) is 7.04. The van der Waals surface area contributed by atoms with E-state index in [0.717, 1.165) is 0 Å². The first-order valence-corrected chi connectivity index (χ1v) is 3.59.